The summed E-state index contributed by atoms with van der Waals surface area (Å²) in [6.07, 6.45) is -5.08. The molecule has 12 heteroatoms. The van der Waals surface area contributed by atoms with Crippen LogP contribution in [-0.4, -0.2) is 92.9 Å². The molecule has 10 nitrogen and oxygen atoms in total. The Morgan fingerprint density at radius 2 is 1.45 bits per heavy atom. The van der Waals surface area contributed by atoms with E-state index in [4.69, 9.17) is 23.1 Å². The highest BCUT2D eigenvalue weighted by Gasteiger charge is 2.78. The van der Waals surface area contributed by atoms with E-state index in [1.807, 2.05) is 27.7 Å². The van der Waals surface area contributed by atoms with Crippen LogP contribution in [0.25, 0.3) is 0 Å². The number of carbonyl (C=O) groups excluding carboxylic acids is 3. The molecule has 3 fully saturated rings. The van der Waals surface area contributed by atoms with E-state index in [2.05, 4.69) is 41.5 Å². The Balaban J connectivity index is 1.91. The lowest BCUT2D eigenvalue weighted by Crippen LogP contribution is -2.82. The number of esters is 2. The third-order valence-electron chi connectivity index (χ3n) is 14.5. The lowest BCUT2D eigenvalue weighted by atomic mass is 9.44. The number of hydrogen-bond donors (Lipinski definition) is 2. The van der Waals surface area contributed by atoms with Gasteiger partial charge in [0.2, 0.25) is 0 Å². The molecule has 5 rings (SSSR count). The number of fused-ring (bicyclic) bond motifs is 5. The molecule has 1 saturated heterocycles. The minimum absolute atomic E-state index is 0.0569. The molecular formula is C41H64O10Si2. The van der Waals surface area contributed by atoms with Crippen LogP contribution in [0, 0.1) is 16.7 Å². The standard InChI is InChI=1S/C41H64O10Si2/c1-12-52(13-2,14-3)50-30-23-31-40(25-47-31,49-27(8)42)34-36(48-37(45)28-21-19-18-20-22-28)41(46)24-29(43)26(7)32(38(41,9)10)33(35(44)39(30,34)11)51-53(15-4,16-5)17-6/h18-22,29-31,33-34,36,43,46H,12-17,23-25H2,1-11H3/t29?,30?,31?,33?,34?,36?,39-,40+,41-/m1/s1. The van der Waals surface area contributed by atoms with Crippen LogP contribution in [0.5, 0.6) is 0 Å². The number of hydrogen-bond acceptors (Lipinski definition) is 10. The molecule has 6 unspecified atom stereocenters. The molecule has 1 aromatic rings. The monoisotopic (exact) mass is 772 g/mol. The van der Waals surface area contributed by atoms with Gasteiger partial charge < -0.3 is 33.3 Å². The van der Waals surface area contributed by atoms with E-state index in [1.165, 1.54) is 6.92 Å². The molecule has 296 valence electrons. The summed E-state index contributed by atoms with van der Waals surface area (Å²) in [7, 11) is -4.99. The van der Waals surface area contributed by atoms with E-state index in [-0.39, 0.29) is 30.8 Å². The summed E-state index contributed by atoms with van der Waals surface area (Å²) in [4.78, 5) is 43.8. The van der Waals surface area contributed by atoms with Crippen LogP contribution in [0.15, 0.2) is 41.5 Å². The minimum Gasteiger partial charge on any atom is -0.455 e. The van der Waals surface area contributed by atoms with E-state index >= 15 is 4.79 Å². The van der Waals surface area contributed by atoms with Crippen LogP contribution >= 0.6 is 0 Å². The molecule has 0 spiro atoms. The first-order valence-corrected chi connectivity index (χ1v) is 25.0. The summed E-state index contributed by atoms with van der Waals surface area (Å²) in [6, 6.07) is 13.3. The van der Waals surface area contributed by atoms with E-state index in [1.54, 1.807) is 30.3 Å². The molecule has 4 aliphatic rings. The zero-order valence-corrected chi connectivity index (χ0v) is 35.9. The zero-order chi connectivity index (χ0) is 39.4. The highest BCUT2D eigenvalue weighted by molar-refractivity contribution is 6.74. The van der Waals surface area contributed by atoms with Crippen molar-refractivity contribution in [2.75, 3.05) is 6.61 Å². The molecule has 2 saturated carbocycles. The van der Waals surface area contributed by atoms with Gasteiger partial charge >= 0.3 is 11.9 Å². The Labute approximate surface area is 318 Å². The Hall–Kier alpha value is -2.20. The van der Waals surface area contributed by atoms with Gasteiger partial charge in [-0.25, -0.2) is 4.79 Å². The number of rotatable bonds is 13. The molecule has 3 aliphatic carbocycles. The average molecular weight is 773 g/mol. The SMILES string of the molecule is CC[Si](CC)(CC)OC1C(=O)[C@]2(C)C(O[Si](CC)(CC)CC)CC3OC[C@@]3(OC(C)=O)C2C(OC(=O)c2ccccc2)[C@]2(O)CC(O)C(C)=C1C2(C)C. The van der Waals surface area contributed by atoms with E-state index < -0.39 is 87.0 Å². The minimum atomic E-state index is -2.55. The molecule has 1 heterocycles. The van der Waals surface area contributed by atoms with Gasteiger partial charge in [0.25, 0.3) is 0 Å². The van der Waals surface area contributed by atoms with E-state index in [0.717, 1.165) is 36.3 Å². The van der Waals surface area contributed by atoms with Crippen molar-refractivity contribution in [1.82, 2.24) is 0 Å². The van der Waals surface area contributed by atoms with E-state index in [9.17, 15) is 19.8 Å². The van der Waals surface area contributed by atoms with Crippen LogP contribution in [-0.2, 0) is 32.7 Å². The number of Topliss-reactive ketones (excluding diaryl/α,β-unsaturated/α-hetero) is 1. The second-order valence-electron chi connectivity index (χ2n) is 16.9. The summed E-state index contributed by atoms with van der Waals surface area (Å²) < 4.78 is 33.9. The summed E-state index contributed by atoms with van der Waals surface area (Å²) in [5, 5.41) is 25.5. The van der Waals surface area contributed by atoms with Gasteiger partial charge in [0.1, 0.15) is 23.9 Å². The summed E-state index contributed by atoms with van der Waals surface area (Å²) in [6.45, 7) is 21.4. The quantitative estimate of drug-likeness (QED) is 0.121. The first-order valence-electron chi connectivity index (χ1n) is 19.9. The van der Waals surface area contributed by atoms with Crippen molar-refractivity contribution in [2.24, 2.45) is 16.7 Å². The molecule has 0 amide bonds. The predicted molar refractivity (Wildman–Crippen MR) is 207 cm³/mol. The van der Waals surface area contributed by atoms with Crippen molar-refractivity contribution in [3.63, 3.8) is 0 Å². The molecule has 2 bridgehead atoms. The fourth-order valence-corrected chi connectivity index (χ4v) is 16.1. The fraction of sp³-hybridized carbons (Fsp3) is 0.732. The Bertz CT molecular complexity index is 1550. The molecule has 9 atom stereocenters. The van der Waals surface area contributed by atoms with Crippen molar-refractivity contribution >= 4 is 34.4 Å². The number of aliphatic hydroxyl groups is 2. The predicted octanol–water partition coefficient (Wildman–Crippen LogP) is 7.14. The number of ketones is 1. The molecule has 1 aromatic carbocycles. The van der Waals surface area contributed by atoms with Crippen LogP contribution in [0.4, 0.5) is 0 Å². The maximum atomic E-state index is 16.3. The van der Waals surface area contributed by atoms with Crippen molar-refractivity contribution in [2.45, 2.75) is 167 Å². The first kappa shape index (κ1) is 42.0. The Kier molecular flexibility index (Phi) is 11.9. The number of aliphatic hydroxyl groups excluding tert-OH is 1. The zero-order valence-electron chi connectivity index (χ0n) is 33.9. The maximum Gasteiger partial charge on any atom is 0.338 e. The average Bonchev–Trinajstić information content (AvgIpc) is 3.13. The van der Waals surface area contributed by atoms with Crippen molar-refractivity contribution < 1.29 is 47.7 Å². The highest BCUT2D eigenvalue weighted by atomic mass is 28.4. The molecular weight excluding hydrogens is 709 g/mol. The number of carbonyl (C=O) groups is 3. The fourth-order valence-electron chi connectivity index (χ4n) is 10.4. The van der Waals surface area contributed by atoms with Gasteiger partial charge in [-0.15, -0.1) is 0 Å². The lowest BCUT2D eigenvalue weighted by Gasteiger charge is -2.68. The van der Waals surface area contributed by atoms with Crippen molar-refractivity contribution in [3.05, 3.63) is 47.0 Å². The summed E-state index contributed by atoms with van der Waals surface area (Å²) in [5.74, 6) is -2.66. The van der Waals surface area contributed by atoms with Crippen LogP contribution in [0.2, 0.25) is 36.3 Å². The smallest absolute Gasteiger partial charge is 0.338 e. The third-order valence-corrected chi connectivity index (χ3v) is 23.8. The first-order chi connectivity index (χ1) is 24.9. The van der Waals surface area contributed by atoms with Crippen molar-refractivity contribution in [1.29, 1.82) is 0 Å². The topological polar surface area (TPSA) is 138 Å². The Morgan fingerprint density at radius 3 is 1.94 bits per heavy atom. The van der Waals surface area contributed by atoms with Crippen LogP contribution in [0.1, 0.15) is 99.4 Å². The highest BCUT2D eigenvalue weighted by Crippen LogP contribution is 2.65. The summed E-state index contributed by atoms with van der Waals surface area (Å²) in [5.41, 5.74) is -4.81. The van der Waals surface area contributed by atoms with Gasteiger partial charge in [-0.2, -0.15) is 0 Å². The number of benzene rings is 1. The second kappa shape index (κ2) is 15.0. The summed E-state index contributed by atoms with van der Waals surface area (Å²) >= 11 is 0. The molecule has 53 heavy (non-hydrogen) atoms. The molecule has 0 radical (unpaired) electrons. The van der Waals surface area contributed by atoms with Gasteiger partial charge in [-0.05, 0) is 73.4 Å². The lowest BCUT2D eigenvalue weighted by molar-refractivity contribution is -0.344. The largest absolute Gasteiger partial charge is 0.455 e. The van der Waals surface area contributed by atoms with Gasteiger partial charge in [0.15, 0.2) is 28.0 Å². The molecule has 1 aliphatic heterocycles. The van der Waals surface area contributed by atoms with Gasteiger partial charge in [-0.3, -0.25) is 9.59 Å². The van der Waals surface area contributed by atoms with Gasteiger partial charge in [0, 0.05) is 25.2 Å². The van der Waals surface area contributed by atoms with E-state index in [0.29, 0.717) is 11.1 Å². The van der Waals surface area contributed by atoms with Crippen LogP contribution < -0.4 is 0 Å². The normalized spacial score (nSPS) is 35.3. The van der Waals surface area contributed by atoms with Gasteiger partial charge in [0.05, 0.1) is 35.7 Å². The van der Waals surface area contributed by atoms with Gasteiger partial charge in [-0.1, -0.05) is 73.6 Å². The van der Waals surface area contributed by atoms with Crippen molar-refractivity contribution in [3.8, 4) is 0 Å². The maximum absolute atomic E-state index is 16.3. The number of ether oxygens (including phenoxy) is 3. The Morgan fingerprint density at radius 1 is 0.906 bits per heavy atom. The van der Waals surface area contributed by atoms with Crippen LogP contribution in [0.3, 0.4) is 0 Å². The second-order valence-corrected chi connectivity index (χ2v) is 26.3. The molecule has 2 N–H and O–H groups in total. The molecule has 0 aromatic heterocycles. The third kappa shape index (κ3) is 6.45.